The van der Waals surface area contributed by atoms with Gasteiger partial charge in [-0.05, 0) is 43.7 Å². The van der Waals surface area contributed by atoms with Crippen molar-refractivity contribution in [1.29, 1.82) is 0 Å². The van der Waals surface area contributed by atoms with Crippen LogP contribution in [-0.2, 0) is 10.0 Å². The average Bonchev–Trinajstić information content (AvgIpc) is 2.39. The first-order valence-corrected chi connectivity index (χ1v) is 7.87. The van der Waals surface area contributed by atoms with Crippen molar-refractivity contribution < 1.29 is 13.2 Å². The van der Waals surface area contributed by atoms with Gasteiger partial charge in [0.25, 0.3) is 5.56 Å². The molecule has 0 bridgehead atoms. The molecule has 21 heavy (non-hydrogen) atoms. The minimum Gasteiger partial charge on any atom is -0.494 e. The van der Waals surface area contributed by atoms with Crippen molar-refractivity contribution in [2.75, 3.05) is 6.61 Å². The number of pyridine rings is 1. The van der Waals surface area contributed by atoms with E-state index in [1.807, 2.05) is 13.8 Å². The molecule has 0 radical (unpaired) electrons. The van der Waals surface area contributed by atoms with Crippen LogP contribution in [0.5, 0.6) is 5.75 Å². The predicted octanol–water partition coefficient (Wildman–Crippen LogP) is 1.19. The number of ether oxygens (including phenoxy) is 1. The van der Waals surface area contributed by atoms with Crippen LogP contribution < -0.4 is 15.4 Å². The van der Waals surface area contributed by atoms with Crippen molar-refractivity contribution in [3.8, 4) is 11.4 Å². The van der Waals surface area contributed by atoms with Crippen molar-refractivity contribution in [3.05, 3.63) is 52.4 Å². The number of rotatable bonds is 4. The molecule has 6 nitrogen and oxygen atoms in total. The average molecular weight is 308 g/mol. The molecule has 0 amide bonds. The van der Waals surface area contributed by atoms with E-state index in [0.29, 0.717) is 18.0 Å². The molecule has 1 heterocycles. The SMILES string of the molecule is CCOc1ccc(-n2cc(S(N)(=O)=O)ccc2=O)c(C)c1. The van der Waals surface area contributed by atoms with E-state index >= 15 is 0 Å². The highest BCUT2D eigenvalue weighted by Gasteiger charge is 2.12. The maximum absolute atomic E-state index is 12.0. The molecule has 0 aliphatic heterocycles. The lowest BCUT2D eigenvalue weighted by molar-refractivity contribution is 0.340. The van der Waals surface area contributed by atoms with Gasteiger partial charge in [-0.3, -0.25) is 9.36 Å². The molecule has 112 valence electrons. The summed E-state index contributed by atoms with van der Waals surface area (Å²) in [6, 6.07) is 7.58. The summed E-state index contributed by atoms with van der Waals surface area (Å²) < 4.78 is 29.4. The van der Waals surface area contributed by atoms with Gasteiger partial charge in [-0.1, -0.05) is 0 Å². The molecule has 0 saturated heterocycles. The molecule has 0 aliphatic carbocycles. The Bertz CT molecular complexity index is 825. The number of nitrogens with two attached hydrogens (primary N) is 1. The van der Waals surface area contributed by atoms with Gasteiger partial charge in [-0.2, -0.15) is 0 Å². The molecule has 0 unspecified atom stereocenters. The zero-order chi connectivity index (χ0) is 15.6. The second-order valence-electron chi connectivity index (χ2n) is 4.50. The Morgan fingerprint density at radius 2 is 1.95 bits per heavy atom. The van der Waals surface area contributed by atoms with Crippen molar-refractivity contribution in [1.82, 2.24) is 4.57 Å². The van der Waals surface area contributed by atoms with Gasteiger partial charge in [-0.15, -0.1) is 0 Å². The fourth-order valence-corrected chi connectivity index (χ4v) is 2.49. The van der Waals surface area contributed by atoms with Crippen molar-refractivity contribution >= 4 is 10.0 Å². The number of sulfonamides is 1. The van der Waals surface area contributed by atoms with Crippen molar-refractivity contribution in [3.63, 3.8) is 0 Å². The summed E-state index contributed by atoms with van der Waals surface area (Å²) in [5.41, 5.74) is 1.03. The van der Waals surface area contributed by atoms with Crippen LogP contribution in [0.1, 0.15) is 12.5 Å². The number of benzene rings is 1. The summed E-state index contributed by atoms with van der Waals surface area (Å²) in [4.78, 5) is 11.8. The minimum absolute atomic E-state index is 0.115. The van der Waals surface area contributed by atoms with Crippen LogP contribution in [0.25, 0.3) is 5.69 Å². The summed E-state index contributed by atoms with van der Waals surface area (Å²) >= 11 is 0. The highest BCUT2D eigenvalue weighted by molar-refractivity contribution is 7.89. The molecule has 2 N–H and O–H groups in total. The molecule has 2 rings (SSSR count). The second kappa shape index (κ2) is 5.71. The molecule has 0 atom stereocenters. The maximum atomic E-state index is 12.0. The van der Waals surface area contributed by atoms with Gasteiger partial charge >= 0.3 is 0 Å². The number of hydrogen-bond acceptors (Lipinski definition) is 4. The summed E-state index contributed by atoms with van der Waals surface area (Å²) in [7, 11) is -3.86. The highest BCUT2D eigenvalue weighted by Crippen LogP contribution is 2.20. The van der Waals surface area contributed by atoms with Gasteiger partial charge in [0.15, 0.2) is 0 Å². The van der Waals surface area contributed by atoms with Crippen LogP contribution in [-0.4, -0.2) is 19.6 Å². The Labute approximate surface area is 122 Å². The first-order chi connectivity index (χ1) is 9.82. The summed E-state index contributed by atoms with van der Waals surface area (Å²) in [5, 5.41) is 5.09. The van der Waals surface area contributed by atoms with Gasteiger partial charge in [0.1, 0.15) is 5.75 Å². The highest BCUT2D eigenvalue weighted by atomic mass is 32.2. The van der Waals surface area contributed by atoms with Crippen LogP contribution in [0.15, 0.2) is 46.2 Å². The van der Waals surface area contributed by atoms with Gasteiger partial charge in [0, 0.05) is 12.3 Å². The monoisotopic (exact) mass is 308 g/mol. The molecule has 1 aromatic heterocycles. The second-order valence-corrected chi connectivity index (χ2v) is 6.06. The number of nitrogens with zero attached hydrogens (tertiary/aromatic N) is 1. The van der Waals surface area contributed by atoms with E-state index in [0.717, 1.165) is 5.56 Å². The van der Waals surface area contributed by atoms with E-state index in [2.05, 4.69) is 0 Å². The molecule has 7 heteroatoms. The quantitative estimate of drug-likeness (QED) is 0.918. The van der Waals surface area contributed by atoms with Crippen LogP contribution in [0.3, 0.4) is 0 Å². The third-order valence-electron chi connectivity index (χ3n) is 2.95. The first-order valence-electron chi connectivity index (χ1n) is 6.32. The number of aryl methyl sites for hydroxylation is 1. The molecular weight excluding hydrogens is 292 g/mol. The van der Waals surface area contributed by atoms with E-state index in [4.69, 9.17) is 9.88 Å². The molecule has 0 fully saturated rings. The van der Waals surface area contributed by atoms with Crippen LogP contribution in [0.2, 0.25) is 0 Å². The molecule has 0 saturated carbocycles. The van der Waals surface area contributed by atoms with E-state index in [9.17, 15) is 13.2 Å². The normalized spacial score (nSPS) is 11.4. The van der Waals surface area contributed by atoms with Crippen LogP contribution in [0.4, 0.5) is 0 Å². The summed E-state index contributed by atoms with van der Waals surface area (Å²) in [6.45, 7) is 4.23. The fraction of sp³-hybridized carbons (Fsp3) is 0.214. The standard InChI is InChI=1S/C14H16N2O4S/c1-3-20-11-4-6-13(10(2)8-11)16-9-12(21(15,18)19)5-7-14(16)17/h4-9H,3H2,1-2H3,(H2,15,18,19). The third-order valence-corrected chi connectivity index (χ3v) is 3.85. The zero-order valence-corrected chi connectivity index (χ0v) is 12.6. The Balaban J connectivity index is 2.59. The van der Waals surface area contributed by atoms with Crippen molar-refractivity contribution in [2.24, 2.45) is 5.14 Å². The first kappa shape index (κ1) is 15.3. The largest absolute Gasteiger partial charge is 0.494 e. The number of hydrogen-bond donors (Lipinski definition) is 1. The van der Waals surface area contributed by atoms with E-state index in [1.54, 1.807) is 18.2 Å². The van der Waals surface area contributed by atoms with Gasteiger partial charge in [0.05, 0.1) is 17.2 Å². The van der Waals surface area contributed by atoms with E-state index in [-0.39, 0.29) is 10.5 Å². The van der Waals surface area contributed by atoms with Gasteiger partial charge in [-0.25, -0.2) is 13.6 Å². The zero-order valence-electron chi connectivity index (χ0n) is 11.7. The summed E-state index contributed by atoms with van der Waals surface area (Å²) in [5.74, 6) is 0.689. The minimum atomic E-state index is -3.86. The Morgan fingerprint density at radius 3 is 2.52 bits per heavy atom. The topological polar surface area (TPSA) is 91.4 Å². The lowest BCUT2D eigenvalue weighted by Gasteiger charge is -2.12. The third kappa shape index (κ3) is 3.32. The van der Waals surface area contributed by atoms with Gasteiger partial charge in [0.2, 0.25) is 10.0 Å². The number of primary sulfonamides is 1. The number of aromatic nitrogens is 1. The molecule has 0 aliphatic rings. The van der Waals surface area contributed by atoms with E-state index < -0.39 is 10.0 Å². The smallest absolute Gasteiger partial charge is 0.255 e. The lowest BCUT2D eigenvalue weighted by atomic mass is 10.2. The van der Waals surface area contributed by atoms with Crippen LogP contribution in [0, 0.1) is 6.92 Å². The Hall–Kier alpha value is -2.12. The van der Waals surface area contributed by atoms with Crippen LogP contribution >= 0.6 is 0 Å². The molecule has 1 aromatic carbocycles. The molecule has 2 aromatic rings. The lowest BCUT2D eigenvalue weighted by Crippen LogP contribution is -2.21. The Morgan fingerprint density at radius 1 is 1.24 bits per heavy atom. The molecule has 0 spiro atoms. The summed E-state index contributed by atoms with van der Waals surface area (Å²) in [6.07, 6.45) is 1.22. The van der Waals surface area contributed by atoms with Gasteiger partial charge < -0.3 is 4.74 Å². The van der Waals surface area contributed by atoms with Crippen molar-refractivity contribution in [2.45, 2.75) is 18.7 Å². The molecular formula is C14H16N2O4S. The van der Waals surface area contributed by atoms with E-state index in [1.165, 1.54) is 22.9 Å². The predicted molar refractivity (Wildman–Crippen MR) is 79.3 cm³/mol. The Kier molecular flexibility index (Phi) is 4.15. The maximum Gasteiger partial charge on any atom is 0.255 e. The fourth-order valence-electron chi connectivity index (χ4n) is 1.98.